The first-order chi connectivity index (χ1) is 8.83. The summed E-state index contributed by atoms with van der Waals surface area (Å²) < 4.78 is 0. The quantitative estimate of drug-likeness (QED) is 0.626. The smallest absolute Gasteiger partial charge is 0.273 e. The average molecular weight is 242 g/mol. The topological polar surface area (TPSA) is 99.4 Å². The molecule has 0 unspecified atom stereocenters. The van der Waals surface area contributed by atoms with Crippen LogP contribution in [0.4, 0.5) is 0 Å². The van der Waals surface area contributed by atoms with Gasteiger partial charge in [-0.05, 0) is 12.1 Å². The van der Waals surface area contributed by atoms with Crippen molar-refractivity contribution in [3.05, 3.63) is 42.0 Å². The SMILES string of the molecule is O=C(NCc1nc2ccccc2[nH]1)c1cn[nH]n1. The highest BCUT2D eigenvalue weighted by atomic mass is 16.1. The molecule has 1 aromatic carbocycles. The number of hydrogen-bond donors (Lipinski definition) is 3. The number of carbonyl (C=O) groups excluding carboxylic acids is 1. The molecule has 0 aliphatic heterocycles. The van der Waals surface area contributed by atoms with Crippen LogP contribution in [-0.4, -0.2) is 31.3 Å². The molecule has 0 fully saturated rings. The van der Waals surface area contributed by atoms with E-state index in [4.69, 9.17) is 0 Å². The number of fused-ring (bicyclic) bond motifs is 1. The van der Waals surface area contributed by atoms with Crippen molar-refractivity contribution in [2.45, 2.75) is 6.54 Å². The standard InChI is InChI=1S/C11H10N6O/c18-11(9-5-13-17-16-9)12-6-10-14-7-3-1-2-4-8(7)15-10/h1-5H,6H2,(H,12,18)(H,14,15)(H,13,16,17). The number of aromatic amines is 2. The summed E-state index contributed by atoms with van der Waals surface area (Å²) >= 11 is 0. The molecule has 1 amide bonds. The number of nitrogens with zero attached hydrogens (tertiary/aromatic N) is 3. The number of imidazole rings is 1. The third-order valence-corrected chi connectivity index (χ3v) is 2.50. The molecule has 7 heteroatoms. The maximum absolute atomic E-state index is 11.6. The van der Waals surface area contributed by atoms with Crippen LogP contribution in [0.3, 0.4) is 0 Å². The maximum Gasteiger partial charge on any atom is 0.273 e. The second kappa shape index (κ2) is 4.28. The van der Waals surface area contributed by atoms with Gasteiger partial charge in [0.05, 0.1) is 23.8 Å². The predicted octanol–water partition coefficient (Wildman–Crippen LogP) is 0.611. The van der Waals surface area contributed by atoms with Crippen LogP contribution in [0, 0.1) is 0 Å². The third kappa shape index (κ3) is 1.93. The van der Waals surface area contributed by atoms with Gasteiger partial charge in [0.1, 0.15) is 5.82 Å². The molecule has 3 aromatic rings. The Labute approximate surface area is 102 Å². The van der Waals surface area contributed by atoms with E-state index in [9.17, 15) is 4.79 Å². The number of amides is 1. The summed E-state index contributed by atoms with van der Waals surface area (Å²) in [7, 11) is 0. The van der Waals surface area contributed by atoms with Gasteiger partial charge in [0, 0.05) is 0 Å². The van der Waals surface area contributed by atoms with E-state index in [-0.39, 0.29) is 11.6 Å². The van der Waals surface area contributed by atoms with Crippen LogP contribution in [0.25, 0.3) is 11.0 Å². The second-order valence-electron chi connectivity index (χ2n) is 3.74. The predicted molar refractivity (Wildman–Crippen MR) is 63.6 cm³/mol. The van der Waals surface area contributed by atoms with E-state index in [1.165, 1.54) is 6.20 Å². The first-order valence-corrected chi connectivity index (χ1v) is 5.40. The molecular weight excluding hydrogens is 232 g/mol. The number of aromatic nitrogens is 5. The summed E-state index contributed by atoms with van der Waals surface area (Å²) in [5, 5.41) is 12.4. The van der Waals surface area contributed by atoms with Crippen LogP contribution in [0.1, 0.15) is 16.3 Å². The lowest BCUT2D eigenvalue weighted by atomic mass is 10.3. The highest BCUT2D eigenvalue weighted by molar-refractivity contribution is 5.91. The van der Waals surface area contributed by atoms with Crippen LogP contribution in [0.15, 0.2) is 30.5 Å². The molecule has 7 nitrogen and oxygen atoms in total. The lowest BCUT2D eigenvalue weighted by Crippen LogP contribution is -2.23. The minimum Gasteiger partial charge on any atom is -0.343 e. The van der Waals surface area contributed by atoms with Crippen LogP contribution >= 0.6 is 0 Å². The molecule has 0 atom stereocenters. The van der Waals surface area contributed by atoms with E-state index < -0.39 is 0 Å². The van der Waals surface area contributed by atoms with E-state index in [1.807, 2.05) is 24.3 Å². The molecular formula is C11H10N6O. The molecule has 2 aromatic heterocycles. The molecule has 0 saturated heterocycles. The van der Waals surface area contributed by atoms with Crippen molar-refractivity contribution in [2.75, 3.05) is 0 Å². The van der Waals surface area contributed by atoms with Crippen molar-refractivity contribution in [1.29, 1.82) is 0 Å². The molecule has 0 aliphatic carbocycles. The molecule has 2 heterocycles. The highest BCUT2D eigenvalue weighted by Crippen LogP contribution is 2.09. The van der Waals surface area contributed by atoms with E-state index in [0.29, 0.717) is 12.4 Å². The molecule has 0 saturated carbocycles. The number of nitrogens with one attached hydrogen (secondary N) is 3. The summed E-state index contributed by atoms with van der Waals surface area (Å²) in [6.45, 7) is 0.320. The summed E-state index contributed by atoms with van der Waals surface area (Å²) in [4.78, 5) is 19.1. The molecule has 0 bridgehead atoms. The fourth-order valence-electron chi connectivity index (χ4n) is 1.65. The zero-order valence-corrected chi connectivity index (χ0v) is 9.34. The summed E-state index contributed by atoms with van der Waals surface area (Å²) in [5.41, 5.74) is 2.08. The fraction of sp³-hybridized carbons (Fsp3) is 0.0909. The summed E-state index contributed by atoms with van der Waals surface area (Å²) in [5.74, 6) is 0.414. The van der Waals surface area contributed by atoms with Gasteiger partial charge in [-0.3, -0.25) is 4.79 Å². The minimum absolute atomic E-state index is 0.256. The van der Waals surface area contributed by atoms with Gasteiger partial charge in [-0.25, -0.2) is 4.98 Å². The number of carbonyl (C=O) groups is 1. The van der Waals surface area contributed by atoms with Crippen molar-refractivity contribution in [2.24, 2.45) is 0 Å². The monoisotopic (exact) mass is 242 g/mol. The minimum atomic E-state index is -0.288. The third-order valence-electron chi connectivity index (χ3n) is 2.50. The van der Waals surface area contributed by atoms with Crippen LogP contribution < -0.4 is 5.32 Å². The van der Waals surface area contributed by atoms with Gasteiger partial charge in [0.25, 0.3) is 5.91 Å². The van der Waals surface area contributed by atoms with Crippen molar-refractivity contribution in [1.82, 2.24) is 30.7 Å². The molecule has 0 radical (unpaired) electrons. The Balaban J connectivity index is 1.71. The normalized spacial score (nSPS) is 10.7. The Bertz CT molecular complexity index is 639. The van der Waals surface area contributed by atoms with Gasteiger partial charge in [-0.2, -0.15) is 15.4 Å². The second-order valence-corrected chi connectivity index (χ2v) is 3.74. The molecule has 18 heavy (non-hydrogen) atoms. The zero-order valence-electron chi connectivity index (χ0n) is 9.34. The number of rotatable bonds is 3. The lowest BCUT2D eigenvalue weighted by molar-refractivity contribution is 0.0945. The number of hydrogen-bond acceptors (Lipinski definition) is 4. The number of H-pyrrole nitrogens is 2. The van der Waals surface area contributed by atoms with Crippen molar-refractivity contribution in [3.8, 4) is 0 Å². The van der Waals surface area contributed by atoms with E-state index >= 15 is 0 Å². The lowest BCUT2D eigenvalue weighted by Gasteiger charge is -1.98. The maximum atomic E-state index is 11.6. The Morgan fingerprint density at radius 3 is 3.00 bits per heavy atom. The summed E-state index contributed by atoms with van der Waals surface area (Å²) in [6, 6.07) is 7.69. The van der Waals surface area contributed by atoms with Crippen LogP contribution in [-0.2, 0) is 6.54 Å². The number of benzene rings is 1. The van der Waals surface area contributed by atoms with E-state index in [2.05, 4.69) is 30.7 Å². The van der Waals surface area contributed by atoms with Gasteiger partial charge >= 0.3 is 0 Å². The number of para-hydroxylation sites is 2. The Hall–Kier alpha value is -2.70. The van der Waals surface area contributed by atoms with E-state index in [1.54, 1.807) is 0 Å². The molecule has 0 aliphatic rings. The van der Waals surface area contributed by atoms with Crippen molar-refractivity contribution >= 4 is 16.9 Å². The molecule has 3 N–H and O–H groups in total. The van der Waals surface area contributed by atoms with Gasteiger partial charge in [-0.15, -0.1) is 0 Å². The zero-order chi connectivity index (χ0) is 12.4. The molecule has 3 rings (SSSR count). The van der Waals surface area contributed by atoms with Crippen molar-refractivity contribution in [3.63, 3.8) is 0 Å². The Morgan fingerprint density at radius 2 is 2.22 bits per heavy atom. The van der Waals surface area contributed by atoms with E-state index in [0.717, 1.165) is 11.0 Å². The first kappa shape index (κ1) is 10.5. The average Bonchev–Trinajstić information content (AvgIpc) is 3.04. The fourth-order valence-corrected chi connectivity index (χ4v) is 1.65. The van der Waals surface area contributed by atoms with Crippen LogP contribution in [0.5, 0.6) is 0 Å². The molecule has 90 valence electrons. The Kier molecular flexibility index (Phi) is 2.49. The Morgan fingerprint density at radius 1 is 1.33 bits per heavy atom. The van der Waals surface area contributed by atoms with Crippen molar-refractivity contribution < 1.29 is 4.79 Å². The van der Waals surface area contributed by atoms with Crippen LogP contribution in [0.2, 0.25) is 0 Å². The van der Waals surface area contributed by atoms with Gasteiger partial charge < -0.3 is 10.3 Å². The van der Waals surface area contributed by atoms with Gasteiger partial charge in [-0.1, -0.05) is 12.1 Å². The first-order valence-electron chi connectivity index (χ1n) is 5.40. The molecule has 0 spiro atoms. The largest absolute Gasteiger partial charge is 0.343 e. The van der Waals surface area contributed by atoms with Gasteiger partial charge in [0.15, 0.2) is 5.69 Å². The summed E-state index contributed by atoms with van der Waals surface area (Å²) in [6.07, 6.45) is 1.37. The van der Waals surface area contributed by atoms with Gasteiger partial charge in [0.2, 0.25) is 0 Å². The highest BCUT2D eigenvalue weighted by Gasteiger charge is 2.09.